The predicted molar refractivity (Wildman–Crippen MR) is 60.2 cm³/mol. The van der Waals surface area contributed by atoms with Crippen LogP contribution in [0.15, 0.2) is 36.9 Å². The summed E-state index contributed by atoms with van der Waals surface area (Å²) in [6, 6.07) is 8.86. The van der Waals surface area contributed by atoms with Gasteiger partial charge in [0.15, 0.2) is 0 Å². The molecule has 1 aliphatic heterocycles. The monoisotopic (exact) mass is 188 g/mol. The molecular weight excluding hydrogens is 172 g/mol. The summed E-state index contributed by atoms with van der Waals surface area (Å²) in [6.45, 7) is 3.75. The number of anilines is 1. The summed E-state index contributed by atoms with van der Waals surface area (Å²) < 4.78 is 0. The molecule has 0 fully saturated rings. The maximum atomic E-state index is 6.09. The number of nitrogens with one attached hydrogen (secondary N) is 1. The second-order valence-corrected chi connectivity index (χ2v) is 3.80. The van der Waals surface area contributed by atoms with Crippen LogP contribution in [-0.4, -0.2) is 6.04 Å². The van der Waals surface area contributed by atoms with Crippen molar-refractivity contribution in [1.82, 2.24) is 0 Å². The van der Waals surface area contributed by atoms with E-state index in [4.69, 9.17) is 5.73 Å². The first-order valence-electron chi connectivity index (χ1n) is 5.03. The van der Waals surface area contributed by atoms with Crippen molar-refractivity contribution in [2.75, 3.05) is 5.32 Å². The number of benzene rings is 1. The average Bonchev–Trinajstić information content (AvgIpc) is 2.18. The molecule has 74 valence electrons. The lowest BCUT2D eigenvalue weighted by molar-refractivity contribution is 0.546. The Kier molecular flexibility index (Phi) is 2.55. The summed E-state index contributed by atoms with van der Waals surface area (Å²) >= 11 is 0. The Hall–Kier alpha value is -1.28. The lowest BCUT2D eigenvalue weighted by atomic mass is 9.92. The highest BCUT2D eigenvalue weighted by Crippen LogP contribution is 2.31. The highest BCUT2D eigenvalue weighted by molar-refractivity contribution is 5.55. The molecule has 2 heteroatoms. The van der Waals surface area contributed by atoms with E-state index in [-0.39, 0.29) is 6.04 Å². The minimum absolute atomic E-state index is 0.164. The molecule has 14 heavy (non-hydrogen) atoms. The van der Waals surface area contributed by atoms with Gasteiger partial charge in [-0.25, -0.2) is 0 Å². The summed E-state index contributed by atoms with van der Waals surface area (Å²) in [7, 11) is 0. The van der Waals surface area contributed by atoms with Crippen molar-refractivity contribution >= 4 is 5.69 Å². The zero-order chi connectivity index (χ0) is 9.97. The second kappa shape index (κ2) is 3.84. The fourth-order valence-electron chi connectivity index (χ4n) is 2.02. The summed E-state index contributed by atoms with van der Waals surface area (Å²) in [6.07, 6.45) is 3.91. The van der Waals surface area contributed by atoms with E-state index < -0.39 is 0 Å². The van der Waals surface area contributed by atoms with Crippen LogP contribution < -0.4 is 11.1 Å². The van der Waals surface area contributed by atoms with Crippen LogP contribution in [0.2, 0.25) is 0 Å². The van der Waals surface area contributed by atoms with Gasteiger partial charge in [-0.2, -0.15) is 0 Å². The Morgan fingerprint density at radius 3 is 3.07 bits per heavy atom. The highest BCUT2D eigenvalue weighted by Gasteiger charge is 2.22. The van der Waals surface area contributed by atoms with Gasteiger partial charge in [0.2, 0.25) is 0 Å². The van der Waals surface area contributed by atoms with Crippen molar-refractivity contribution in [1.29, 1.82) is 0 Å². The van der Waals surface area contributed by atoms with Crippen LogP contribution >= 0.6 is 0 Å². The van der Waals surface area contributed by atoms with E-state index in [0.717, 1.165) is 12.8 Å². The lowest BCUT2D eigenvalue weighted by Gasteiger charge is -2.30. The lowest BCUT2D eigenvalue weighted by Crippen LogP contribution is -2.31. The van der Waals surface area contributed by atoms with Gasteiger partial charge in [0.25, 0.3) is 0 Å². The third-order valence-electron chi connectivity index (χ3n) is 2.71. The number of fused-ring (bicyclic) bond motifs is 1. The standard InChI is InChI=1S/C12H16N2/c1-2-5-9-8-11(13)10-6-3-4-7-12(10)14-9/h2-4,6-7,9,11,14H,1,5,8,13H2. The van der Waals surface area contributed by atoms with Gasteiger partial charge in [0.1, 0.15) is 0 Å². The van der Waals surface area contributed by atoms with E-state index in [1.54, 1.807) is 0 Å². The Labute approximate surface area is 84.8 Å². The molecule has 0 radical (unpaired) electrons. The number of hydrogen-bond donors (Lipinski definition) is 2. The summed E-state index contributed by atoms with van der Waals surface area (Å²) in [5.41, 5.74) is 8.50. The first kappa shape index (κ1) is 9.28. The molecule has 2 atom stereocenters. The van der Waals surface area contributed by atoms with Crippen molar-refractivity contribution in [2.45, 2.75) is 24.9 Å². The van der Waals surface area contributed by atoms with Gasteiger partial charge < -0.3 is 11.1 Å². The Balaban J connectivity index is 2.24. The Bertz CT molecular complexity index is 333. The summed E-state index contributed by atoms with van der Waals surface area (Å²) in [5, 5.41) is 3.48. The fraction of sp³-hybridized carbons (Fsp3) is 0.333. The highest BCUT2D eigenvalue weighted by atomic mass is 14.9. The minimum Gasteiger partial charge on any atom is -0.382 e. The number of hydrogen-bond acceptors (Lipinski definition) is 2. The van der Waals surface area contributed by atoms with Crippen LogP contribution in [0.1, 0.15) is 24.4 Å². The maximum Gasteiger partial charge on any atom is 0.0390 e. The van der Waals surface area contributed by atoms with E-state index in [1.807, 2.05) is 18.2 Å². The van der Waals surface area contributed by atoms with Crippen LogP contribution in [0.3, 0.4) is 0 Å². The van der Waals surface area contributed by atoms with Crippen LogP contribution in [0.5, 0.6) is 0 Å². The SMILES string of the molecule is C=CCC1CC(N)c2ccccc2N1. The quantitative estimate of drug-likeness (QED) is 0.700. The Morgan fingerprint density at radius 1 is 1.50 bits per heavy atom. The molecule has 0 spiro atoms. The van der Waals surface area contributed by atoms with Gasteiger partial charge in [0, 0.05) is 17.8 Å². The zero-order valence-corrected chi connectivity index (χ0v) is 8.24. The maximum absolute atomic E-state index is 6.09. The molecule has 0 saturated carbocycles. The molecule has 0 saturated heterocycles. The molecule has 0 amide bonds. The first-order chi connectivity index (χ1) is 6.81. The number of para-hydroxylation sites is 1. The van der Waals surface area contributed by atoms with E-state index in [0.29, 0.717) is 6.04 Å². The van der Waals surface area contributed by atoms with Gasteiger partial charge in [-0.05, 0) is 24.5 Å². The molecule has 1 aliphatic rings. The molecule has 2 rings (SSSR count). The Morgan fingerprint density at radius 2 is 2.29 bits per heavy atom. The van der Waals surface area contributed by atoms with Gasteiger partial charge in [-0.3, -0.25) is 0 Å². The fourth-order valence-corrected chi connectivity index (χ4v) is 2.02. The first-order valence-corrected chi connectivity index (χ1v) is 5.03. The van der Waals surface area contributed by atoms with Crippen molar-refractivity contribution in [3.63, 3.8) is 0 Å². The van der Waals surface area contributed by atoms with Crippen LogP contribution in [-0.2, 0) is 0 Å². The van der Waals surface area contributed by atoms with Gasteiger partial charge in [0.05, 0.1) is 0 Å². The molecule has 1 aromatic carbocycles. The average molecular weight is 188 g/mol. The molecular formula is C12H16N2. The third-order valence-corrected chi connectivity index (χ3v) is 2.71. The van der Waals surface area contributed by atoms with E-state index in [9.17, 15) is 0 Å². The third kappa shape index (κ3) is 1.66. The van der Waals surface area contributed by atoms with Gasteiger partial charge in [-0.1, -0.05) is 24.3 Å². The predicted octanol–water partition coefficient (Wildman–Crippen LogP) is 2.45. The van der Waals surface area contributed by atoms with Crippen LogP contribution in [0.25, 0.3) is 0 Å². The molecule has 1 heterocycles. The summed E-state index contributed by atoms with van der Waals surface area (Å²) in [4.78, 5) is 0. The van der Waals surface area contributed by atoms with Gasteiger partial charge in [-0.15, -0.1) is 6.58 Å². The van der Waals surface area contributed by atoms with E-state index in [2.05, 4.69) is 24.0 Å². The normalized spacial score (nSPS) is 24.9. The zero-order valence-electron chi connectivity index (χ0n) is 8.24. The smallest absolute Gasteiger partial charge is 0.0390 e. The molecule has 0 aromatic heterocycles. The minimum atomic E-state index is 0.164. The molecule has 1 aromatic rings. The van der Waals surface area contributed by atoms with Crippen molar-refractivity contribution in [3.8, 4) is 0 Å². The van der Waals surface area contributed by atoms with Crippen molar-refractivity contribution in [2.24, 2.45) is 5.73 Å². The van der Waals surface area contributed by atoms with Crippen LogP contribution in [0, 0.1) is 0 Å². The van der Waals surface area contributed by atoms with E-state index >= 15 is 0 Å². The molecule has 2 nitrogen and oxygen atoms in total. The van der Waals surface area contributed by atoms with Crippen molar-refractivity contribution < 1.29 is 0 Å². The molecule has 3 N–H and O–H groups in total. The molecule has 2 unspecified atom stereocenters. The number of nitrogens with two attached hydrogens (primary N) is 1. The molecule has 0 aliphatic carbocycles. The summed E-state index contributed by atoms with van der Waals surface area (Å²) in [5.74, 6) is 0. The second-order valence-electron chi connectivity index (χ2n) is 3.80. The largest absolute Gasteiger partial charge is 0.382 e. The van der Waals surface area contributed by atoms with Crippen LogP contribution in [0.4, 0.5) is 5.69 Å². The topological polar surface area (TPSA) is 38.0 Å². The van der Waals surface area contributed by atoms with E-state index in [1.165, 1.54) is 11.3 Å². The number of rotatable bonds is 2. The van der Waals surface area contributed by atoms with Crippen molar-refractivity contribution in [3.05, 3.63) is 42.5 Å². The molecule has 0 bridgehead atoms. The van der Waals surface area contributed by atoms with Gasteiger partial charge >= 0.3 is 0 Å².